The number of hydrogen-bond acceptors (Lipinski definition) is 6. The first kappa shape index (κ1) is 21.2. The van der Waals surface area contributed by atoms with Crippen LogP contribution in [0.25, 0.3) is 0 Å². The summed E-state index contributed by atoms with van der Waals surface area (Å²) >= 11 is 0. The molecule has 3 N–H and O–H groups in total. The number of anilines is 1. The lowest BCUT2D eigenvalue weighted by Gasteiger charge is -2.12. The molecule has 1 aromatic rings. The van der Waals surface area contributed by atoms with Gasteiger partial charge in [0.2, 0.25) is 0 Å². The fourth-order valence-electron chi connectivity index (χ4n) is 2.64. The van der Waals surface area contributed by atoms with Crippen LogP contribution in [0.4, 0.5) is 15.3 Å². The smallest absolute Gasteiger partial charge is 0.407 e. The third-order valence-electron chi connectivity index (χ3n) is 3.91. The molecule has 10 heteroatoms. The van der Waals surface area contributed by atoms with Crippen LogP contribution < -0.4 is 16.0 Å². The van der Waals surface area contributed by atoms with Gasteiger partial charge in [0.15, 0.2) is 0 Å². The SMILES string of the molecule is CCOC(=O)NCCNC(=O)Nc1ccc2c(c1)C(=O)N(CCCOC)C2=O. The first-order chi connectivity index (χ1) is 13.5. The number of amides is 5. The van der Waals surface area contributed by atoms with Gasteiger partial charge >= 0.3 is 12.1 Å². The maximum atomic E-state index is 12.5. The Bertz CT molecular complexity index is 752. The molecule has 0 aliphatic carbocycles. The summed E-state index contributed by atoms with van der Waals surface area (Å²) in [7, 11) is 1.55. The van der Waals surface area contributed by atoms with E-state index in [1.54, 1.807) is 20.1 Å². The van der Waals surface area contributed by atoms with Crippen LogP contribution in [0.2, 0.25) is 0 Å². The van der Waals surface area contributed by atoms with Crippen LogP contribution in [0.15, 0.2) is 18.2 Å². The van der Waals surface area contributed by atoms with Gasteiger partial charge in [-0.25, -0.2) is 9.59 Å². The maximum absolute atomic E-state index is 12.5. The van der Waals surface area contributed by atoms with Gasteiger partial charge in [-0.05, 0) is 31.5 Å². The number of fused-ring (bicyclic) bond motifs is 1. The van der Waals surface area contributed by atoms with Gasteiger partial charge in [-0.2, -0.15) is 0 Å². The fraction of sp³-hybridized carbons (Fsp3) is 0.444. The van der Waals surface area contributed by atoms with Gasteiger partial charge in [0, 0.05) is 39.0 Å². The Balaban J connectivity index is 1.87. The molecule has 10 nitrogen and oxygen atoms in total. The zero-order valence-electron chi connectivity index (χ0n) is 15.9. The third kappa shape index (κ3) is 5.43. The second kappa shape index (κ2) is 10.3. The van der Waals surface area contributed by atoms with Crippen molar-refractivity contribution in [1.29, 1.82) is 0 Å². The van der Waals surface area contributed by atoms with E-state index in [0.717, 1.165) is 0 Å². The van der Waals surface area contributed by atoms with Crippen molar-refractivity contribution in [3.05, 3.63) is 29.3 Å². The lowest BCUT2D eigenvalue weighted by atomic mass is 10.1. The highest BCUT2D eigenvalue weighted by Gasteiger charge is 2.35. The number of carbonyl (C=O) groups excluding carboxylic acids is 4. The van der Waals surface area contributed by atoms with E-state index < -0.39 is 18.0 Å². The van der Waals surface area contributed by atoms with Crippen molar-refractivity contribution in [2.45, 2.75) is 13.3 Å². The summed E-state index contributed by atoms with van der Waals surface area (Å²) in [5, 5.41) is 7.63. The minimum absolute atomic E-state index is 0.195. The van der Waals surface area contributed by atoms with E-state index in [-0.39, 0.29) is 37.7 Å². The van der Waals surface area contributed by atoms with Gasteiger partial charge in [0.05, 0.1) is 17.7 Å². The molecule has 5 amide bonds. The zero-order valence-corrected chi connectivity index (χ0v) is 15.9. The number of imide groups is 1. The van der Waals surface area contributed by atoms with Gasteiger partial charge in [0.25, 0.3) is 11.8 Å². The second-order valence-corrected chi connectivity index (χ2v) is 5.90. The van der Waals surface area contributed by atoms with E-state index in [1.807, 2.05) is 0 Å². The fourth-order valence-corrected chi connectivity index (χ4v) is 2.64. The average molecular weight is 392 g/mol. The summed E-state index contributed by atoms with van der Waals surface area (Å²) in [4.78, 5) is 49.0. The van der Waals surface area contributed by atoms with Crippen LogP contribution in [0.1, 0.15) is 34.1 Å². The molecule has 1 aromatic carbocycles. The Kier molecular flexibility index (Phi) is 7.76. The van der Waals surface area contributed by atoms with Crippen LogP contribution in [-0.2, 0) is 9.47 Å². The largest absolute Gasteiger partial charge is 0.450 e. The van der Waals surface area contributed by atoms with Crippen molar-refractivity contribution in [3.63, 3.8) is 0 Å². The number of alkyl carbamates (subject to hydrolysis) is 1. The molecule has 2 rings (SSSR count). The Hall–Kier alpha value is -3.14. The number of rotatable bonds is 9. The molecule has 28 heavy (non-hydrogen) atoms. The lowest BCUT2D eigenvalue weighted by molar-refractivity contribution is 0.0638. The van der Waals surface area contributed by atoms with Crippen molar-refractivity contribution in [2.24, 2.45) is 0 Å². The van der Waals surface area contributed by atoms with E-state index >= 15 is 0 Å². The molecular weight excluding hydrogens is 368 g/mol. The summed E-state index contributed by atoms with van der Waals surface area (Å²) in [6.45, 7) is 3.09. The molecular formula is C18H24N4O6. The van der Waals surface area contributed by atoms with Crippen molar-refractivity contribution >= 4 is 29.6 Å². The van der Waals surface area contributed by atoms with Crippen molar-refractivity contribution in [3.8, 4) is 0 Å². The number of urea groups is 1. The van der Waals surface area contributed by atoms with E-state index in [2.05, 4.69) is 16.0 Å². The number of ether oxygens (including phenoxy) is 2. The predicted molar refractivity (Wildman–Crippen MR) is 100 cm³/mol. The summed E-state index contributed by atoms with van der Waals surface area (Å²) in [5.41, 5.74) is 0.950. The predicted octanol–water partition coefficient (Wildman–Crippen LogP) is 1.19. The van der Waals surface area contributed by atoms with Crippen LogP contribution in [0.5, 0.6) is 0 Å². The minimum Gasteiger partial charge on any atom is -0.450 e. The summed E-state index contributed by atoms with van der Waals surface area (Å²) in [6.07, 6.45) is -0.00320. The minimum atomic E-state index is -0.554. The number of benzene rings is 1. The van der Waals surface area contributed by atoms with Gasteiger partial charge in [-0.3, -0.25) is 14.5 Å². The number of carbonyl (C=O) groups is 4. The van der Waals surface area contributed by atoms with E-state index in [9.17, 15) is 19.2 Å². The first-order valence-corrected chi connectivity index (χ1v) is 8.92. The molecule has 0 bridgehead atoms. The zero-order chi connectivity index (χ0) is 20.5. The second-order valence-electron chi connectivity index (χ2n) is 5.90. The highest BCUT2D eigenvalue weighted by molar-refractivity contribution is 6.21. The van der Waals surface area contributed by atoms with Gasteiger partial charge in [-0.15, -0.1) is 0 Å². The molecule has 0 saturated carbocycles. The van der Waals surface area contributed by atoms with Crippen molar-refractivity contribution < 1.29 is 28.7 Å². The molecule has 0 fully saturated rings. The summed E-state index contributed by atoms with van der Waals surface area (Å²) in [5.74, 6) is -0.740. The van der Waals surface area contributed by atoms with Gasteiger partial charge in [-0.1, -0.05) is 0 Å². The molecule has 0 saturated heterocycles. The average Bonchev–Trinajstić information content (AvgIpc) is 2.90. The van der Waals surface area contributed by atoms with E-state index in [0.29, 0.717) is 24.3 Å². The maximum Gasteiger partial charge on any atom is 0.407 e. The highest BCUT2D eigenvalue weighted by Crippen LogP contribution is 2.26. The van der Waals surface area contributed by atoms with Crippen LogP contribution >= 0.6 is 0 Å². The van der Waals surface area contributed by atoms with Crippen LogP contribution in [0, 0.1) is 0 Å². The summed E-state index contributed by atoms with van der Waals surface area (Å²) in [6, 6.07) is 4.05. The molecule has 0 unspecified atom stereocenters. The quantitative estimate of drug-likeness (QED) is 0.428. The van der Waals surface area contributed by atoms with E-state index in [1.165, 1.54) is 17.0 Å². The van der Waals surface area contributed by atoms with Crippen molar-refractivity contribution in [2.75, 3.05) is 45.3 Å². The van der Waals surface area contributed by atoms with Crippen molar-refractivity contribution in [1.82, 2.24) is 15.5 Å². The Labute approximate surface area is 162 Å². The van der Waals surface area contributed by atoms with Crippen LogP contribution in [-0.4, -0.2) is 68.8 Å². The third-order valence-corrected chi connectivity index (χ3v) is 3.91. The van der Waals surface area contributed by atoms with Crippen LogP contribution in [0.3, 0.4) is 0 Å². The molecule has 1 heterocycles. The number of nitrogens with zero attached hydrogens (tertiary/aromatic N) is 1. The lowest BCUT2D eigenvalue weighted by Crippen LogP contribution is -2.37. The Morgan fingerprint density at radius 2 is 1.79 bits per heavy atom. The molecule has 0 aromatic heterocycles. The molecule has 1 aliphatic heterocycles. The van der Waals surface area contributed by atoms with Gasteiger partial charge in [0.1, 0.15) is 0 Å². The Morgan fingerprint density at radius 1 is 1.07 bits per heavy atom. The topological polar surface area (TPSA) is 126 Å². The standard InChI is InChI=1S/C18H24N4O6/c1-3-28-18(26)20-8-7-19-17(25)21-12-5-6-13-14(11-12)16(24)22(15(13)23)9-4-10-27-2/h5-6,11H,3-4,7-10H2,1-2H3,(H,20,26)(H2,19,21,25). The molecule has 152 valence electrons. The first-order valence-electron chi connectivity index (χ1n) is 8.92. The molecule has 1 aliphatic rings. The summed E-state index contributed by atoms with van der Waals surface area (Å²) < 4.78 is 9.64. The number of methoxy groups -OCH3 is 1. The number of nitrogens with one attached hydrogen (secondary N) is 3. The molecule has 0 spiro atoms. The number of hydrogen-bond donors (Lipinski definition) is 3. The normalized spacial score (nSPS) is 12.6. The monoisotopic (exact) mass is 392 g/mol. The highest BCUT2D eigenvalue weighted by atomic mass is 16.5. The Morgan fingerprint density at radius 3 is 2.50 bits per heavy atom. The molecule has 0 radical (unpaired) electrons. The van der Waals surface area contributed by atoms with Gasteiger partial charge < -0.3 is 25.4 Å². The molecule has 0 atom stereocenters. The van der Waals surface area contributed by atoms with E-state index in [4.69, 9.17) is 9.47 Å².